The number of rotatable bonds is 5. The topological polar surface area (TPSA) is 43.9 Å². The first-order valence-electron chi connectivity index (χ1n) is 11.6. The summed E-state index contributed by atoms with van der Waals surface area (Å²) in [5.74, 6) is -0.0578. The van der Waals surface area contributed by atoms with Crippen molar-refractivity contribution in [3.8, 4) is 0 Å². The lowest BCUT2D eigenvalue weighted by Gasteiger charge is -2.41. The Balaban J connectivity index is 1.26. The minimum absolute atomic E-state index is 0.0578. The van der Waals surface area contributed by atoms with E-state index >= 15 is 0 Å². The molecule has 0 N–H and O–H groups in total. The average molecular weight is 440 g/mol. The van der Waals surface area contributed by atoms with E-state index in [0.717, 1.165) is 25.2 Å². The molecule has 3 amide bonds. The number of likely N-dealkylation sites (tertiary alicyclic amines) is 1. The molecule has 2 fully saturated rings. The van der Waals surface area contributed by atoms with Gasteiger partial charge in [-0.1, -0.05) is 84.9 Å². The Labute approximate surface area is 194 Å². The van der Waals surface area contributed by atoms with Crippen LogP contribution in [0.4, 0.5) is 4.79 Å². The van der Waals surface area contributed by atoms with E-state index in [1.807, 2.05) is 42.5 Å². The first kappa shape index (κ1) is 21.4. The SMILES string of the molecule is CN1C(=O)N(CC=Cc2ccccc2)C(=O)C12CCN(Cc1cccc3ccccc13)CC2. The van der Waals surface area contributed by atoms with Gasteiger partial charge in [0.2, 0.25) is 0 Å². The quantitative estimate of drug-likeness (QED) is 0.538. The van der Waals surface area contributed by atoms with E-state index in [1.54, 1.807) is 11.9 Å². The largest absolute Gasteiger partial charge is 0.327 e. The van der Waals surface area contributed by atoms with Crippen molar-refractivity contribution >= 4 is 28.8 Å². The van der Waals surface area contributed by atoms with Crippen LogP contribution >= 0.6 is 0 Å². The van der Waals surface area contributed by atoms with Crippen molar-refractivity contribution in [1.29, 1.82) is 0 Å². The smallest absolute Gasteiger partial charge is 0.312 e. The maximum Gasteiger partial charge on any atom is 0.327 e. The number of nitrogens with zero attached hydrogens (tertiary/aromatic N) is 3. The molecule has 0 radical (unpaired) electrons. The number of amides is 3. The molecule has 3 aromatic rings. The van der Waals surface area contributed by atoms with Gasteiger partial charge in [-0.3, -0.25) is 14.6 Å². The van der Waals surface area contributed by atoms with Crippen LogP contribution in [0.2, 0.25) is 0 Å². The van der Waals surface area contributed by atoms with Gasteiger partial charge in [0.1, 0.15) is 5.54 Å². The van der Waals surface area contributed by atoms with Gasteiger partial charge < -0.3 is 4.90 Å². The first-order chi connectivity index (χ1) is 16.1. The summed E-state index contributed by atoms with van der Waals surface area (Å²) < 4.78 is 0. The number of fused-ring (bicyclic) bond motifs is 1. The molecule has 2 aliphatic heterocycles. The van der Waals surface area contributed by atoms with Crippen LogP contribution in [-0.2, 0) is 11.3 Å². The molecular weight excluding hydrogens is 410 g/mol. The van der Waals surface area contributed by atoms with Crippen molar-refractivity contribution in [1.82, 2.24) is 14.7 Å². The zero-order chi connectivity index (χ0) is 22.8. The molecule has 0 unspecified atom stereocenters. The van der Waals surface area contributed by atoms with Crippen LogP contribution in [0.3, 0.4) is 0 Å². The molecule has 0 bridgehead atoms. The summed E-state index contributed by atoms with van der Waals surface area (Å²) in [4.78, 5) is 31.8. The fraction of sp³-hybridized carbons (Fsp3) is 0.286. The molecule has 5 rings (SSSR count). The predicted octanol–water partition coefficient (Wildman–Crippen LogP) is 4.78. The number of imide groups is 1. The molecule has 168 valence electrons. The molecule has 2 saturated heterocycles. The molecule has 33 heavy (non-hydrogen) atoms. The Morgan fingerprint density at radius 1 is 0.879 bits per heavy atom. The lowest BCUT2D eigenvalue weighted by Crippen LogP contribution is -2.55. The Morgan fingerprint density at radius 3 is 2.36 bits per heavy atom. The van der Waals surface area contributed by atoms with Gasteiger partial charge in [0.15, 0.2) is 0 Å². The van der Waals surface area contributed by atoms with Crippen LogP contribution < -0.4 is 0 Å². The van der Waals surface area contributed by atoms with E-state index in [1.165, 1.54) is 21.2 Å². The second kappa shape index (κ2) is 8.83. The van der Waals surface area contributed by atoms with Gasteiger partial charge in [-0.2, -0.15) is 0 Å². The van der Waals surface area contributed by atoms with Gasteiger partial charge in [0, 0.05) is 33.2 Å². The average Bonchev–Trinajstić information content (AvgIpc) is 3.02. The van der Waals surface area contributed by atoms with E-state index < -0.39 is 5.54 Å². The summed E-state index contributed by atoms with van der Waals surface area (Å²) in [7, 11) is 1.78. The Hall–Kier alpha value is -3.44. The zero-order valence-corrected chi connectivity index (χ0v) is 19.0. The van der Waals surface area contributed by atoms with Crippen molar-refractivity contribution in [3.63, 3.8) is 0 Å². The van der Waals surface area contributed by atoms with Crippen LogP contribution in [0.1, 0.15) is 24.0 Å². The molecule has 0 atom stereocenters. The second-order valence-corrected chi connectivity index (χ2v) is 9.02. The number of urea groups is 1. The highest BCUT2D eigenvalue weighted by molar-refractivity contribution is 6.07. The highest BCUT2D eigenvalue weighted by atomic mass is 16.2. The number of hydrogen-bond acceptors (Lipinski definition) is 3. The summed E-state index contributed by atoms with van der Waals surface area (Å²) in [5, 5.41) is 2.53. The normalized spacial score (nSPS) is 18.8. The monoisotopic (exact) mass is 439 g/mol. The summed E-state index contributed by atoms with van der Waals surface area (Å²) in [6, 6.07) is 24.6. The molecule has 0 saturated carbocycles. The number of benzene rings is 3. The molecule has 5 heteroatoms. The minimum Gasteiger partial charge on any atom is -0.312 e. The summed E-state index contributed by atoms with van der Waals surface area (Å²) >= 11 is 0. The number of likely N-dealkylation sites (N-methyl/N-ethyl adjacent to an activating group) is 1. The summed E-state index contributed by atoms with van der Waals surface area (Å²) in [5.41, 5.74) is 1.65. The Kier molecular flexibility index (Phi) is 5.73. The van der Waals surface area contributed by atoms with E-state index in [4.69, 9.17) is 0 Å². The van der Waals surface area contributed by atoms with Crippen LogP contribution in [0.5, 0.6) is 0 Å². The third-order valence-electron chi connectivity index (χ3n) is 7.16. The predicted molar refractivity (Wildman–Crippen MR) is 132 cm³/mol. The van der Waals surface area contributed by atoms with Crippen LogP contribution in [-0.4, -0.2) is 58.9 Å². The van der Waals surface area contributed by atoms with E-state index in [2.05, 4.69) is 47.4 Å². The summed E-state index contributed by atoms with van der Waals surface area (Å²) in [6.07, 6.45) is 5.18. The Morgan fingerprint density at radius 2 is 1.58 bits per heavy atom. The number of carbonyl (C=O) groups is 2. The van der Waals surface area contributed by atoms with Gasteiger partial charge in [0.25, 0.3) is 5.91 Å². The Bertz CT molecular complexity index is 1190. The van der Waals surface area contributed by atoms with Gasteiger partial charge in [-0.25, -0.2) is 4.79 Å². The zero-order valence-electron chi connectivity index (χ0n) is 19.0. The van der Waals surface area contributed by atoms with Crippen LogP contribution in [0.15, 0.2) is 78.9 Å². The van der Waals surface area contributed by atoms with Crippen molar-refractivity contribution in [2.45, 2.75) is 24.9 Å². The van der Waals surface area contributed by atoms with Gasteiger partial charge in [-0.15, -0.1) is 0 Å². The van der Waals surface area contributed by atoms with Gasteiger partial charge in [-0.05, 0) is 34.7 Å². The van der Waals surface area contributed by atoms with E-state index in [0.29, 0.717) is 19.4 Å². The highest BCUT2D eigenvalue weighted by Crippen LogP contribution is 2.36. The second-order valence-electron chi connectivity index (χ2n) is 9.02. The van der Waals surface area contributed by atoms with Gasteiger partial charge >= 0.3 is 6.03 Å². The lowest BCUT2D eigenvalue weighted by molar-refractivity contribution is -0.135. The van der Waals surface area contributed by atoms with Crippen molar-refractivity contribution < 1.29 is 9.59 Å². The van der Waals surface area contributed by atoms with Crippen LogP contribution in [0, 0.1) is 0 Å². The number of piperidine rings is 1. The lowest BCUT2D eigenvalue weighted by atomic mass is 9.86. The van der Waals surface area contributed by atoms with Crippen molar-refractivity contribution in [2.75, 3.05) is 26.7 Å². The molecule has 5 nitrogen and oxygen atoms in total. The third-order valence-corrected chi connectivity index (χ3v) is 7.16. The fourth-order valence-corrected chi connectivity index (χ4v) is 5.17. The van der Waals surface area contributed by atoms with E-state index in [9.17, 15) is 9.59 Å². The fourth-order valence-electron chi connectivity index (χ4n) is 5.17. The standard InChI is InChI=1S/C28H29N3O2/c1-29-27(33)31(18-8-11-22-9-3-2-4-10-22)26(32)28(29)16-19-30(20-17-28)21-24-14-7-13-23-12-5-6-15-25(23)24/h2-15H,16-21H2,1H3. The molecular formula is C28H29N3O2. The maximum absolute atomic E-state index is 13.4. The molecule has 2 heterocycles. The van der Waals surface area contributed by atoms with Crippen molar-refractivity contribution in [3.05, 3.63) is 90.0 Å². The minimum atomic E-state index is -0.715. The molecule has 1 spiro atoms. The maximum atomic E-state index is 13.4. The number of carbonyl (C=O) groups excluding carboxylic acids is 2. The van der Waals surface area contributed by atoms with Crippen LogP contribution in [0.25, 0.3) is 16.8 Å². The molecule has 3 aromatic carbocycles. The van der Waals surface area contributed by atoms with Crippen molar-refractivity contribution in [2.24, 2.45) is 0 Å². The number of hydrogen-bond donors (Lipinski definition) is 0. The van der Waals surface area contributed by atoms with E-state index in [-0.39, 0.29) is 11.9 Å². The first-order valence-corrected chi connectivity index (χ1v) is 11.6. The molecule has 0 aliphatic carbocycles. The summed E-state index contributed by atoms with van der Waals surface area (Å²) in [6.45, 7) is 2.74. The van der Waals surface area contributed by atoms with Gasteiger partial charge in [0.05, 0.1) is 0 Å². The molecule has 2 aliphatic rings. The highest BCUT2D eigenvalue weighted by Gasteiger charge is 2.56. The molecule has 0 aromatic heterocycles. The third kappa shape index (κ3) is 3.93.